The van der Waals surface area contributed by atoms with Crippen LogP contribution in [0.25, 0.3) is 0 Å². The normalized spacial score (nSPS) is 10.3. The van der Waals surface area contributed by atoms with Gasteiger partial charge in [-0.05, 0) is 13.8 Å². The van der Waals surface area contributed by atoms with Crippen LogP contribution in [0.4, 0.5) is 5.69 Å². The minimum Gasteiger partial charge on any atom is -0.396 e. The van der Waals surface area contributed by atoms with Crippen LogP contribution >= 0.6 is 0 Å². The monoisotopic (exact) mass is 267 g/mol. The van der Waals surface area contributed by atoms with Crippen molar-refractivity contribution in [3.8, 4) is 0 Å². The third-order valence-corrected chi connectivity index (χ3v) is 3.00. The SMILES string of the molecule is CCN(CC)C(=O)CN(C)C(=O)c1c(N)cnn1C. The molecule has 106 valence electrons. The summed E-state index contributed by atoms with van der Waals surface area (Å²) in [6.07, 6.45) is 1.42. The van der Waals surface area contributed by atoms with Crippen molar-refractivity contribution in [3.05, 3.63) is 11.9 Å². The maximum absolute atomic E-state index is 12.2. The Labute approximate surface area is 113 Å². The lowest BCUT2D eigenvalue weighted by molar-refractivity contribution is -0.131. The maximum Gasteiger partial charge on any atom is 0.274 e. The van der Waals surface area contributed by atoms with Crippen LogP contribution in [0.1, 0.15) is 24.3 Å². The summed E-state index contributed by atoms with van der Waals surface area (Å²) in [6, 6.07) is 0. The van der Waals surface area contributed by atoms with Gasteiger partial charge in [0.1, 0.15) is 5.69 Å². The molecule has 0 unspecified atom stereocenters. The molecule has 7 heteroatoms. The van der Waals surface area contributed by atoms with Crippen LogP contribution in [-0.2, 0) is 11.8 Å². The Morgan fingerprint density at radius 3 is 2.37 bits per heavy atom. The fraction of sp³-hybridized carbons (Fsp3) is 0.583. The third kappa shape index (κ3) is 3.24. The summed E-state index contributed by atoms with van der Waals surface area (Å²) < 4.78 is 1.41. The molecule has 0 saturated carbocycles. The van der Waals surface area contributed by atoms with E-state index < -0.39 is 0 Å². The molecule has 1 aromatic heterocycles. The van der Waals surface area contributed by atoms with E-state index in [0.29, 0.717) is 24.5 Å². The minimum atomic E-state index is -0.307. The molecule has 0 fully saturated rings. The highest BCUT2D eigenvalue weighted by Gasteiger charge is 2.22. The van der Waals surface area contributed by atoms with Gasteiger partial charge in [-0.3, -0.25) is 14.3 Å². The van der Waals surface area contributed by atoms with Gasteiger partial charge in [0.15, 0.2) is 0 Å². The Morgan fingerprint density at radius 2 is 1.95 bits per heavy atom. The first-order valence-corrected chi connectivity index (χ1v) is 6.23. The van der Waals surface area contributed by atoms with Gasteiger partial charge in [0.2, 0.25) is 5.91 Å². The molecule has 0 radical (unpaired) electrons. The lowest BCUT2D eigenvalue weighted by Crippen LogP contribution is -2.41. The van der Waals surface area contributed by atoms with Crippen molar-refractivity contribution >= 4 is 17.5 Å². The summed E-state index contributed by atoms with van der Waals surface area (Å²) in [5, 5.41) is 3.92. The largest absolute Gasteiger partial charge is 0.396 e. The molecule has 0 spiro atoms. The van der Waals surface area contributed by atoms with Crippen LogP contribution in [0.2, 0.25) is 0 Å². The molecule has 0 aliphatic carbocycles. The molecule has 1 heterocycles. The van der Waals surface area contributed by atoms with Gasteiger partial charge in [-0.1, -0.05) is 0 Å². The zero-order valence-corrected chi connectivity index (χ0v) is 11.9. The van der Waals surface area contributed by atoms with Gasteiger partial charge in [-0.25, -0.2) is 0 Å². The highest BCUT2D eigenvalue weighted by atomic mass is 16.2. The molecule has 0 atom stereocenters. The van der Waals surface area contributed by atoms with Gasteiger partial charge >= 0.3 is 0 Å². The molecule has 0 aliphatic rings. The Balaban J connectivity index is 2.76. The maximum atomic E-state index is 12.2. The Morgan fingerprint density at radius 1 is 1.37 bits per heavy atom. The van der Waals surface area contributed by atoms with Crippen LogP contribution < -0.4 is 5.73 Å². The van der Waals surface area contributed by atoms with Crippen molar-refractivity contribution in [2.75, 3.05) is 32.4 Å². The molecule has 2 N–H and O–H groups in total. The number of nitrogens with zero attached hydrogens (tertiary/aromatic N) is 4. The van der Waals surface area contributed by atoms with Crippen LogP contribution in [0, 0.1) is 0 Å². The van der Waals surface area contributed by atoms with E-state index in [1.54, 1.807) is 19.0 Å². The van der Waals surface area contributed by atoms with Gasteiger partial charge in [-0.2, -0.15) is 5.10 Å². The van der Waals surface area contributed by atoms with Crippen molar-refractivity contribution in [1.29, 1.82) is 0 Å². The van der Waals surface area contributed by atoms with Crippen LogP contribution in [0.3, 0.4) is 0 Å². The van der Waals surface area contributed by atoms with Crippen molar-refractivity contribution in [2.45, 2.75) is 13.8 Å². The second kappa shape index (κ2) is 6.21. The second-order valence-corrected chi connectivity index (χ2v) is 4.30. The van der Waals surface area contributed by atoms with E-state index in [2.05, 4.69) is 5.10 Å². The zero-order chi connectivity index (χ0) is 14.6. The number of hydrogen-bond acceptors (Lipinski definition) is 4. The summed E-state index contributed by atoms with van der Waals surface area (Å²) in [4.78, 5) is 27.2. The van der Waals surface area contributed by atoms with E-state index in [1.807, 2.05) is 13.8 Å². The number of carbonyl (C=O) groups is 2. The zero-order valence-electron chi connectivity index (χ0n) is 11.9. The van der Waals surface area contributed by atoms with Crippen LogP contribution in [0.5, 0.6) is 0 Å². The number of nitrogens with two attached hydrogens (primary N) is 1. The fourth-order valence-corrected chi connectivity index (χ4v) is 1.85. The lowest BCUT2D eigenvalue weighted by Gasteiger charge is -2.23. The highest BCUT2D eigenvalue weighted by molar-refractivity contribution is 5.98. The second-order valence-electron chi connectivity index (χ2n) is 4.30. The number of aromatic nitrogens is 2. The summed E-state index contributed by atoms with van der Waals surface area (Å²) >= 11 is 0. The molecular weight excluding hydrogens is 246 g/mol. The first-order chi connectivity index (χ1) is 8.92. The number of amides is 2. The number of carbonyl (C=O) groups excluding carboxylic acids is 2. The summed E-state index contributed by atoms with van der Waals surface area (Å²) in [5.41, 5.74) is 6.31. The molecule has 1 rings (SSSR count). The molecule has 0 saturated heterocycles. The highest BCUT2D eigenvalue weighted by Crippen LogP contribution is 2.11. The number of nitrogen functional groups attached to an aromatic ring is 1. The molecule has 7 nitrogen and oxygen atoms in total. The number of rotatable bonds is 5. The van der Waals surface area contributed by atoms with E-state index >= 15 is 0 Å². The standard InChI is InChI=1S/C12H21N5O2/c1-5-17(6-2)10(18)8-15(3)12(19)11-9(13)7-14-16(11)4/h7H,5-6,8,13H2,1-4H3. The average molecular weight is 267 g/mol. The van der Waals surface area contributed by atoms with Gasteiger partial charge in [0, 0.05) is 27.2 Å². The van der Waals surface area contributed by atoms with Crippen molar-refractivity contribution in [2.24, 2.45) is 7.05 Å². The number of likely N-dealkylation sites (N-methyl/N-ethyl adjacent to an activating group) is 2. The van der Waals surface area contributed by atoms with Crippen molar-refractivity contribution in [3.63, 3.8) is 0 Å². The first kappa shape index (κ1) is 15.0. The predicted octanol–water partition coefficient (Wildman–Crippen LogP) is -0.0573. The minimum absolute atomic E-state index is 0.0329. The van der Waals surface area contributed by atoms with Gasteiger partial charge < -0.3 is 15.5 Å². The molecule has 2 amide bonds. The molecule has 0 aromatic carbocycles. The number of hydrogen-bond donors (Lipinski definition) is 1. The van der Waals surface area contributed by atoms with Gasteiger partial charge in [0.25, 0.3) is 5.91 Å². The van der Waals surface area contributed by atoms with E-state index in [0.717, 1.165) is 0 Å². The Hall–Kier alpha value is -2.05. The molecular formula is C12H21N5O2. The van der Waals surface area contributed by atoms with Crippen molar-refractivity contribution < 1.29 is 9.59 Å². The Bertz CT molecular complexity index is 445. The molecule has 0 aliphatic heterocycles. The number of aryl methyl sites for hydroxylation is 1. The summed E-state index contributed by atoms with van der Waals surface area (Å²) in [7, 11) is 3.22. The molecule has 0 bridgehead atoms. The quantitative estimate of drug-likeness (QED) is 0.810. The van der Waals surface area contributed by atoms with Crippen molar-refractivity contribution in [1.82, 2.24) is 19.6 Å². The topological polar surface area (TPSA) is 84.5 Å². The van der Waals surface area contributed by atoms with Gasteiger partial charge in [-0.15, -0.1) is 0 Å². The smallest absolute Gasteiger partial charge is 0.274 e. The average Bonchev–Trinajstić information content (AvgIpc) is 2.69. The first-order valence-electron chi connectivity index (χ1n) is 6.23. The van der Waals surface area contributed by atoms with Gasteiger partial charge in [0.05, 0.1) is 18.4 Å². The summed E-state index contributed by atoms with van der Waals surface area (Å²) in [5.74, 6) is -0.389. The van der Waals surface area contributed by atoms with Crippen LogP contribution in [-0.4, -0.2) is 58.1 Å². The number of anilines is 1. The fourth-order valence-electron chi connectivity index (χ4n) is 1.85. The summed E-state index contributed by atoms with van der Waals surface area (Å²) in [6.45, 7) is 5.10. The predicted molar refractivity (Wildman–Crippen MR) is 72.5 cm³/mol. The van der Waals surface area contributed by atoms with E-state index in [-0.39, 0.29) is 18.4 Å². The van der Waals surface area contributed by atoms with Crippen LogP contribution in [0.15, 0.2) is 6.20 Å². The molecule has 19 heavy (non-hydrogen) atoms. The molecule has 1 aromatic rings. The van der Waals surface area contributed by atoms with E-state index in [4.69, 9.17) is 5.73 Å². The van der Waals surface area contributed by atoms with E-state index in [9.17, 15) is 9.59 Å². The third-order valence-electron chi connectivity index (χ3n) is 3.00. The lowest BCUT2D eigenvalue weighted by atomic mass is 10.3. The Kier molecular flexibility index (Phi) is 4.91. The van der Waals surface area contributed by atoms with E-state index in [1.165, 1.54) is 15.8 Å².